The fourth-order valence-corrected chi connectivity index (χ4v) is 3.49. The second-order valence-corrected chi connectivity index (χ2v) is 6.90. The van der Waals surface area contributed by atoms with Crippen molar-refractivity contribution in [2.24, 2.45) is 0 Å². The number of rotatable bonds is 8. The lowest BCUT2D eigenvalue weighted by Crippen LogP contribution is -2.23. The molecule has 7 heteroatoms. The summed E-state index contributed by atoms with van der Waals surface area (Å²) < 4.78 is 15.5. The van der Waals surface area contributed by atoms with Gasteiger partial charge in [0, 0.05) is 23.1 Å². The first-order chi connectivity index (χ1) is 14.1. The maximum Gasteiger partial charge on any atom is 0.407 e. The summed E-state index contributed by atoms with van der Waals surface area (Å²) in [7, 11) is 3.23. The van der Waals surface area contributed by atoms with Crippen LogP contribution >= 0.6 is 11.3 Å². The molecule has 0 atom stereocenters. The Labute approximate surface area is 173 Å². The number of hydrogen-bond acceptors (Lipinski definition) is 6. The summed E-state index contributed by atoms with van der Waals surface area (Å²) in [5, 5.41) is 5.63. The predicted molar refractivity (Wildman–Crippen MR) is 114 cm³/mol. The number of amides is 1. The fraction of sp³-hybridized carbons (Fsp3) is 0.182. The number of aromatic nitrogens is 1. The van der Waals surface area contributed by atoms with Crippen LogP contribution in [0, 0.1) is 0 Å². The van der Waals surface area contributed by atoms with E-state index >= 15 is 0 Å². The van der Waals surface area contributed by atoms with Gasteiger partial charge in [0.2, 0.25) is 0 Å². The highest BCUT2D eigenvalue weighted by atomic mass is 32.1. The largest absolute Gasteiger partial charge is 0.493 e. The highest BCUT2D eigenvalue weighted by molar-refractivity contribution is 7.13. The van der Waals surface area contributed by atoms with Crippen LogP contribution in [-0.4, -0.2) is 31.9 Å². The molecule has 0 radical (unpaired) electrons. The third kappa shape index (κ3) is 5.14. The van der Waals surface area contributed by atoms with Gasteiger partial charge >= 0.3 is 6.09 Å². The SMILES string of the molecule is C=CCOC(=O)NCc1ccc(-c2nc(-c3ccc(OC)c(OC)c3)cs2)cc1. The topological polar surface area (TPSA) is 69.7 Å². The smallest absolute Gasteiger partial charge is 0.407 e. The lowest BCUT2D eigenvalue weighted by molar-refractivity contribution is 0.158. The zero-order chi connectivity index (χ0) is 20.6. The molecule has 0 fully saturated rings. The van der Waals surface area contributed by atoms with E-state index in [2.05, 4.69) is 11.9 Å². The average Bonchev–Trinajstić information content (AvgIpc) is 3.26. The van der Waals surface area contributed by atoms with Crippen molar-refractivity contribution in [3.05, 3.63) is 66.1 Å². The van der Waals surface area contributed by atoms with E-state index in [0.717, 1.165) is 27.4 Å². The number of thiazole rings is 1. The van der Waals surface area contributed by atoms with Crippen LogP contribution in [0.25, 0.3) is 21.8 Å². The molecule has 0 spiro atoms. The van der Waals surface area contributed by atoms with Gasteiger partial charge in [0.05, 0.1) is 19.9 Å². The Morgan fingerprint density at radius 1 is 1.10 bits per heavy atom. The van der Waals surface area contributed by atoms with Crippen molar-refractivity contribution in [3.63, 3.8) is 0 Å². The zero-order valence-electron chi connectivity index (χ0n) is 16.3. The fourth-order valence-electron chi connectivity index (χ4n) is 2.66. The maximum atomic E-state index is 11.5. The Morgan fingerprint density at radius 2 is 1.83 bits per heavy atom. The molecule has 0 bridgehead atoms. The van der Waals surface area contributed by atoms with Crippen LogP contribution < -0.4 is 14.8 Å². The number of hydrogen-bond donors (Lipinski definition) is 1. The van der Waals surface area contributed by atoms with Crippen LogP contribution in [-0.2, 0) is 11.3 Å². The highest BCUT2D eigenvalue weighted by Crippen LogP contribution is 2.34. The number of methoxy groups -OCH3 is 2. The van der Waals surface area contributed by atoms with Gasteiger partial charge in [0.15, 0.2) is 11.5 Å². The molecule has 3 aromatic rings. The standard InChI is InChI=1S/C22H22N2O4S/c1-4-11-28-22(25)23-13-15-5-7-16(8-6-15)21-24-18(14-29-21)17-9-10-19(26-2)20(12-17)27-3/h4-10,12,14H,1,11,13H2,2-3H3,(H,23,25). The summed E-state index contributed by atoms with van der Waals surface area (Å²) in [6.45, 7) is 4.09. The summed E-state index contributed by atoms with van der Waals surface area (Å²) in [4.78, 5) is 16.2. The summed E-state index contributed by atoms with van der Waals surface area (Å²) >= 11 is 1.57. The summed E-state index contributed by atoms with van der Waals surface area (Å²) in [6, 6.07) is 13.6. The van der Waals surface area contributed by atoms with Crippen molar-refractivity contribution in [3.8, 4) is 33.3 Å². The molecule has 2 aromatic carbocycles. The highest BCUT2D eigenvalue weighted by Gasteiger charge is 2.10. The first-order valence-electron chi connectivity index (χ1n) is 8.93. The number of nitrogens with one attached hydrogen (secondary N) is 1. The molecule has 1 heterocycles. The summed E-state index contributed by atoms with van der Waals surface area (Å²) in [5.41, 5.74) is 3.83. The van der Waals surface area contributed by atoms with Crippen LogP contribution in [0.3, 0.4) is 0 Å². The van der Waals surface area contributed by atoms with Crippen LogP contribution in [0.4, 0.5) is 4.79 Å². The number of carbonyl (C=O) groups excluding carboxylic acids is 1. The van der Waals surface area contributed by atoms with Crippen molar-refractivity contribution in [2.45, 2.75) is 6.54 Å². The molecule has 1 amide bonds. The minimum Gasteiger partial charge on any atom is -0.493 e. The summed E-state index contributed by atoms with van der Waals surface area (Å²) in [5.74, 6) is 1.35. The summed E-state index contributed by atoms with van der Waals surface area (Å²) in [6.07, 6.45) is 1.06. The first-order valence-corrected chi connectivity index (χ1v) is 9.81. The van der Waals surface area contributed by atoms with E-state index in [-0.39, 0.29) is 6.61 Å². The monoisotopic (exact) mass is 410 g/mol. The molecule has 150 valence electrons. The molecule has 0 saturated carbocycles. The molecule has 0 unspecified atom stereocenters. The zero-order valence-corrected chi connectivity index (χ0v) is 17.1. The van der Waals surface area contributed by atoms with Crippen molar-refractivity contribution >= 4 is 17.4 Å². The van der Waals surface area contributed by atoms with Crippen molar-refractivity contribution in [2.75, 3.05) is 20.8 Å². The quantitative estimate of drug-likeness (QED) is 0.535. The van der Waals surface area contributed by atoms with Crippen molar-refractivity contribution in [1.82, 2.24) is 10.3 Å². The van der Waals surface area contributed by atoms with E-state index in [9.17, 15) is 4.79 Å². The number of alkyl carbamates (subject to hydrolysis) is 1. The number of carbonyl (C=O) groups is 1. The Morgan fingerprint density at radius 3 is 2.52 bits per heavy atom. The number of nitrogens with zero attached hydrogens (tertiary/aromatic N) is 1. The number of benzene rings is 2. The molecular weight excluding hydrogens is 388 g/mol. The van der Waals surface area contributed by atoms with E-state index in [0.29, 0.717) is 18.0 Å². The Kier molecular flexibility index (Phi) is 6.86. The lowest BCUT2D eigenvalue weighted by Gasteiger charge is -2.08. The normalized spacial score (nSPS) is 10.3. The Bertz CT molecular complexity index is 983. The molecule has 3 rings (SSSR count). The third-order valence-electron chi connectivity index (χ3n) is 4.15. The molecule has 29 heavy (non-hydrogen) atoms. The lowest BCUT2D eigenvalue weighted by atomic mass is 10.1. The van der Waals surface area contributed by atoms with Gasteiger partial charge in [-0.05, 0) is 23.8 Å². The van der Waals surface area contributed by atoms with Crippen LogP contribution in [0.2, 0.25) is 0 Å². The molecule has 1 N–H and O–H groups in total. The van der Waals surface area contributed by atoms with Gasteiger partial charge < -0.3 is 19.5 Å². The first kappa shape index (κ1) is 20.4. The van der Waals surface area contributed by atoms with Crippen molar-refractivity contribution < 1.29 is 19.0 Å². The van der Waals surface area contributed by atoms with Gasteiger partial charge in [-0.3, -0.25) is 0 Å². The minimum absolute atomic E-state index is 0.192. The van der Waals surface area contributed by atoms with Gasteiger partial charge in [-0.2, -0.15) is 0 Å². The van der Waals surface area contributed by atoms with E-state index in [1.165, 1.54) is 6.08 Å². The predicted octanol–water partition coefficient (Wildman–Crippen LogP) is 4.91. The molecule has 0 aliphatic heterocycles. The Hall–Kier alpha value is -3.32. The average molecular weight is 410 g/mol. The molecule has 0 saturated heterocycles. The van der Waals surface area contributed by atoms with Gasteiger partial charge in [-0.1, -0.05) is 36.9 Å². The molecule has 0 aliphatic rings. The molecule has 0 aliphatic carbocycles. The maximum absolute atomic E-state index is 11.5. The van der Waals surface area contributed by atoms with Crippen LogP contribution in [0.15, 0.2) is 60.5 Å². The second-order valence-electron chi connectivity index (χ2n) is 6.05. The van der Waals surface area contributed by atoms with Gasteiger partial charge in [-0.15, -0.1) is 11.3 Å². The minimum atomic E-state index is -0.464. The van der Waals surface area contributed by atoms with Crippen LogP contribution in [0.5, 0.6) is 11.5 Å². The Balaban J connectivity index is 1.69. The molecule has 1 aromatic heterocycles. The van der Waals surface area contributed by atoms with Gasteiger partial charge in [0.1, 0.15) is 11.6 Å². The molecule has 6 nitrogen and oxygen atoms in total. The van der Waals surface area contributed by atoms with Crippen LogP contribution in [0.1, 0.15) is 5.56 Å². The number of ether oxygens (including phenoxy) is 3. The van der Waals surface area contributed by atoms with Gasteiger partial charge in [0.25, 0.3) is 0 Å². The third-order valence-corrected chi connectivity index (χ3v) is 5.04. The van der Waals surface area contributed by atoms with E-state index in [4.69, 9.17) is 19.2 Å². The van der Waals surface area contributed by atoms with Gasteiger partial charge in [-0.25, -0.2) is 9.78 Å². The van der Waals surface area contributed by atoms with Crippen molar-refractivity contribution in [1.29, 1.82) is 0 Å². The van der Waals surface area contributed by atoms with E-state index in [1.54, 1.807) is 25.6 Å². The van der Waals surface area contributed by atoms with E-state index in [1.807, 2.05) is 47.8 Å². The molecular formula is C22H22N2O4S. The second kappa shape index (κ2) is 9.75. The van der Waals surface area contributed by atoms with E-state index < -0.39 is 6.09 Å².